The number of rotatable bonds is 3. The molecule has 2 aromatic heterocycles. The van der Waals surface area contributed by atoms with E-state index in [9.17, 15) is 4.79 Å². The summed E-state index contributed by atoms with van der Waals surface area (Å²) in [6.07, 6.45) is 0. The molecule has 0 atom stereocenters. The highest BCUT2D eigenvalue weighted by atomic mass is 35.5. The number of amides is 1. The predicted molar refractivity (Wildman–Crippen MR) is 116 cm³/mol. The smallest absolute Gasteiger partial charge is 0.256 e. The van der Waals surface area contributed by atoms with E-state index in [4.69, 9.17) is 11.6 Å². The topological polar surface area (TPSA) is 72.2 Å². The highest BCUT2D eigenvalue weighted by molar-refractivity contribution is 7.19. The van der Waals surface area contributed by atoms with Crippen molar-refractivity contribution >= 4 is 50.3 Å². The van der Waals surface area contributed by atoms with Crippen LogP contribution in [0.15, 0.2) is 60.7 Å². The SMILES string of the molecule is Cc1nnc2sc(-c3cccc(NC(=O)c4cccc5c(Cl)cccc45)c3)nn12. The number of benzene rings is 3. The van der Waals surface area contributed by atoms with Gasteiger partial charge in [0.15, 0.2) is 5.82 Å². The molecule has 5 aromatic rings. The lowest BCUT2D eigenvalue weighted by molar-refractivity contribution is 0.102. The average Bonchev–Trinajstić information content (AvgIpc) is 3.30. The third-order valence-corrected chi connectivity index (χ3v) is 5.91. The van der Waals surface area contributed by atoms with Gasteiger partial charge in [0, 0.05) is 27.2 Å². The maximum atomic E-state index is 12.9. The van der Waals surface area contributed by atoms with Gasteiger partial charge in [-0.2, -0.15) is 9.61 Å². The van der Waals surface area contributed by atoms with Crippen LogP contribution in [-0.2, 0) is 0 Å². The molecule has 3 aromatic carbocycles. The number of halogens is 1. The van der Waals surface area contributed by atoms with Crippen molar-refractivity contribution in [3.8, 4) is 10.6 Å². The summed E-state index contributed by atoms with van der Waals surface area (Å²) in [6.45, 7) is 1.86. The van der Waals surface area contributed by atoms with Gasteiger partial charge in [0.25, 0.3) is 5.91 Å². The summed E-state index contributed by atoms with van der Waals surface area (Å²) in [6, 6.07) is 18.7. The van der Waals surface area contributed by atoms with Gasteiger partial charge in [0.05, 0.1) is 0 Å². The average molecular weight is 420 g/mol. The van der Waals surface area contributed by atoms with Crippen LogP contribution in [0.3, 0.4) is 0 Å². The molecule has 0 spiro atoms. The van der Waals surface area contributed by atoms with Crippen LogP contribution in [0.25, 0.3) is 26.3 Å². The van der Waals surface area contributed by atoms with E-state index >= 15 is 0 Å². The minimum atomic E-state index is -0.191. The fraction of sp³-hybridized carbons (Fsp3) is 0.0476. The number of nitrogens with one attached hydrogen (secondary N) is 1. The predicted octanol–water partition coefficient (Wildman–Crippen LogP) is 5.22. The van der Waals surface area contributed by atoms with E-state index in [-0.39, 0.29) is 5.91 Å². The normalized spacial score (nSPS) is 11.2. The highest BCUT2D eigenvalue weighted by Crippen LogP contribution is 2.29. The molecule has 1 N–H and O–H groups in total. The van der Waals surface area contributed by atoms with Crippen LogP contribution < -0.4 is 5.32 Å². The maximum Gasteiger partial charge on any atom is 0.256 e. The van der Waals surface area contributed by atoms with Gasteiger partial charge in [-0.15, -0.1) is 10.2 Å². The molecule has 6 nitrogen and oxygen atoms in total. The molecule has 142 valence electrons. The molecule has 8 heteroatoms. The number of hydrogen-bond donors (Lipinski definition) is 1. The maximum absolute atomic E-state index is 12.9. The Balaban J connectivity index is 1.47. The molecule has 29 heavy (non-hydrogen) atoms. The summed E-state index contributed by atoms with van der Waals surface area (Å²) in [7, 11) is 0. The monoisotopic (exact) mass is 419 g/mol. The van der Waals surface area contributed by atoms with Gasteiger partial charge in [0.2, 0.25) is 4.96 Å². The summed E-state index contributed by atoms with van der Waals surface area (Å²) in [5.74, 6) is 0.547. The van der Waals surface area contributed by atoms with Crippen LogP contribution in [0.2, 0.25) is 5.02 Å². The van der Waals surface area contributed by atoms with Crippen molar-refractivity contribution in [1.82, 2.24) is 19.8 Å². The Morgan fingerprint density at radius 3 is 2.69 bits per heavy atom. The molecule has 0 saturated heterocycles. The van der Waals surface area contributed by atoms with Crippen LogP contribution >= 0.6 is 22.9 Å². The zero-order valence-corrected chi connectivity index (χ0v) is 16.8. The van der Waals surface area contributed by atoms with Crippen molar-refractivity contribution in [3.63, 3.8) is 0 Å². The number of anilines is 1. The fourth-order valence-corrected chi connectivity index (χ4v) is 4.35. The molecule has 1 amide bonds. The van der Waals surface area contributed by atoms with Crippen molar-refractivity contribution in [1.29, 1.82) is 0 Å². The summed E-state index contributed by atoms with van der Waals surface area (Å²) in [5, 5.41) is 18.7. The molecule has 0 unspecified atom stereocenters. The first kappa shape index (κ1) is 17.8. The molecule has 0 aliphatic rings. The van der Waals surface area contributed by atoms with Gasteiger partial charge in [-0.3, -0.25) is 4.79 Å². The molecule has 2 heterocycles. The number of aryl methyl sites for hydroxylation is 1. The third kappa shape index (κ3) is 3.14. The van der Waals surface area contributed by atoms with Crippen LogP contribution in [0.5, 0.6) is 0 Å². The number of fused-ring (bicyclic) bond motifs is 2. The second kappa shape index (κ2) is 6.95. The first-order valence-electron chi connectivity index (χ1n) is 8.88. The molecule has 0 aliphatic heterocycles. The summed E-state index contributed by atoms with van der Waals surface area (Å²) < 4.78 is 1.71. The van der Waals surface area contributed by atoms with E-state index in [0.717, 1.165) is 32.1 Å². The lowest BCUT2D eigenvalue weighted by Crippen LogP contribution is -2.12. The van der Waals surface area contributed by atoms with Gasteiger partial charge >= 0.3 is 0 Å². The minimum absolute atomic E-state index is 0.191. The standard InChI is InChI=1S/C21H14ClN5OS/c1-12-24-25-21-27(12)26-20(29-21)13-5-2-6-14(11-13)23-19(28)17-9-3-8-16-15(17)7-4-10-18(16)22/h2-11H,1H3,(H,23,28). The zero-order chi connectivity index (χ0) is 20.0. The van der Waals surface area contributed by atoms with Gasteiger partial charge < -0.3 is 5.32 Å². The van der Waals surface area contributed by atoms with Crippen molar-refractivity contribution in [2.24, 2.45) is 0 Å². The second-order valence-corrected chi connectivity index (χ2v) is 7.89. The van der Waals surface area contributed by atoms with Crippen LogP contribution in [0.1, 0.15) is 16.2 Å². The third-order valence-electron chi connectivity index (χ3n) is 4.63. The highest BCUT2D eigenvalue weighted by Gasteiger charge is 2.14. The molecule has 0 radical (unpaired) electrons. The van der Waals surface area contributed by atoms with Crippen LogP contribution in [0.4, 0.5) is 5.69 Å². The Labute approximate surface area is 174 Å². The minimum Gasteiger partial charge on any atom is -0.322 e. The molecular formula is C21H14ClN5OS. The quantitative estimate of drug-likeness (QED) is 0.435. The summed E-state index contributed by atoms with van der Waals surface area (Å²) >= 11 is 7.72. The van der Waals surface area contributed by atoms with Gasteiger partial charge in [0.1, 0.15) is 5.01 Å². The van der Waals surface area contributed by atoms with E-state index in [1.807, 2.05) is 61.5 Å². The number of carbonyl (C=O) groups is 1. The van der Waals surface area contributed by atoms with E-state index in [1.165, 1.54) is 11.3 Å². The lowest BCUT2D eigenvalue weighted by Gasteiger charge is -2.09. The first-order chi connectivity index (χ1) is 14.1. The first-order valence-corrected chi connectivity index (χ1v) is 10.1. The van der Waals surface area contributed by atoms with E-state index in [2.05, 4.69) is 20.6 Å². The molecule has 0 aliphatic carbocycles. The number of aromatic nitrogens is 4. The molecular weight excluding hydrogens is 406 g/mol. The number of hydrogen-bond acceptors (Lipinski definition) is 5. The van der Waals surface area contributed by atoms with Crippen molar-refractivity contribution in [3.05, 3.63) is 77.1 Å². The number of carbonyl (C=O) groups excluding carboxylic acids is 1. The Kier molecular flexibility index (Phi) is 4.26. The van der Waals surface area contributed by atoms with Gasteiger partial charge in [-0.1, -0.05) is 59.3 Å². The summed E-state index contributed by atoms with van der Waals surface area (Å²) in [5.41, 5.74) is 2.16. The zero-order valence-electron chi connectivity index (χ0n) is 15.3. The van der Waals surface area contributed by atoms with Crippen molar-refractivity contribution in [2.75, 3.05) is 5.32 Å². The molecule has 0 saturated carbocycles. The Morgan fingerprint density at radius 2 is 1.83 bits per heavy atom. The van der Waals surface area contributed by atoms with E-state index < -0.39 is 0 Å². The van der Waals surface area contributed by atoms with Gasteiger partial charge in [-0.05, 0) is 36.6 Å². The summed E-state index contributed by atoms with van der Waals surface area (Å²) in [4.78, 5) is 13.7. The van der Waals surface area contributed by atoms with Crippen molar-refractivity contribution in [2.45, 2.75) is 6.92 Å². The largest absolute Gasteiger partial charge is 0.322 e. The van der Waals surface area contributed by atoms with Crippen LogP contribution in [0, 0.1) is 6.92 Å². The van der Waals surface area contributed by atoms with E-state index in [1.54, 1.807) is 10.6 Å². The molecule has 0 fully saturated rings. The molecule has 5 rings (SSSR count). The van der Waals surface area contributed by atoms with Crippen molar-refractivity contribution < 1.29 is 4.79 Å². The Hall–Kier alpha value is -3.29. The second-order valence-electron chi connectivity index (χ2n) is 6.52. The van der Waals surface area contributed by atoms with Gasteiger partial charge in [-0.25, -0.2) is 0 Å². The van der Waals surface area contributed by atoms with E-state index in [0.29, 0.717) is 16.3 Å². The fourth-order valence-electron chi connectivity index (χ4n) is 3.23. The van der Waals surface area contributed by atoms with Crippen LogP contribution in [-0.4, -0.2) is 25.7 Å². The lowest BCUT2D eigenvalue weighted by atomic mass is 10.0. The number of nitrogens with zero attached hydrogens (tertiary/aromatic N) is 4. The Morgan fingerprint density at radius 1 is 1.03 bits per heavy atom. The Bertz CT molecular complexity index is 1390. The molecule has 0 bridgehead atoms.